The molecule has 1 aliphatic rings. The maximum Gasteiger partial charge on any atom is 0.248 e. The number of halogens is 1. The van der Waals surface area contributed by atoms with Crippen molar-refractivity contribution in [1.29, 1.82) is 0 Å². The van der Waals surface area contributed by atoms with Crippen LogP contribution in [0.5, 0.6) is 0 Å². The Bertz CT molecular complexity index is 482. The monoisotopic (exact) mass is 302 g/mol. The standard InChI is InChI=1S/C10H15ClN6O3/c11-8-14-9(13-5-6(18)7(12)19)16-10(15-8)17-1-3-20-4-2-17/h6,18H,1-5H2,(H2,12,19)(H,13,14,15,16). The first-order chi connectivity index (χ1) is 9.56. The highest BCUT2D eigenvalue weighted by Crippen LogP contribution is 2.14. The average molecular weight is 303 g/mol. The molecule has 0 aliphatic carbocycles. The van der Waals surface area contributed by atoms with Gasteiger partial charge in [0.05, 0.1) is 19.8 Å². The Kier molecular flexibility index (Phi) is 4.88. The molecule has 110 valence electrons. The Morgan fingerprint density at radius 1 is 1.45 bits per heavy atom. The molecular formula is C10H15ClN6O3. The number of rotatable bonds is 5. The van der Waals surface area contributed by atoms with Gasteiger partial charge in [0, 0.05) is 13.1 Å². The summed E-state index contributed by atoms with van der Waals surface area (Å²) in [5.41, 5.74) is 4.95. The van der Waals surface area contributed by atoms with Gasteiger partial charge >= 0.3 is 0 Å². The molecule has 0 spiro atoms. The van der Waals surface area contributed by atoms with E-state index < -0.39 is 12.0 Å². The van der Waals surface area contributed by atoms with Gasteiger partial charge in [0.2, 0.25) is 23.1 Å². The molecular weight excluding hydrogens is 288 g/mol. The molecule has 0 aromatic carbocycles. The fraction of sp³-hybridized carbons (Fsp3) is 0.600. The van der Waals surface area contributed by atoms with Crippen LogP contribution in [-0.4, -0.2) is 64.9 Å². The molecule has 1 aromatic rings. The molecule has 1 aliphatic heterocycles. The van der Waals surface area contributed by atoms with Crippen LogP contribution in [0.1, 0.15) is 0 Å². The zero-order chi connectivity index (χ0) is 14.5. The number of hydrogen-bond acceptors (Lipinski definition) is 8. The summed E-state index contributed by atoms with van der Waals surface area (Å²) in [6.07, 6.45) is -1.32. The van der Waals surface area contributed by atoms with Gasteiger partial charge in [-0.15, -0.1) is 0 Å². The van der Waals surface area contributed by atoms with E-state index in [1.54, 1.807) is 0 Å². The molecule has 1 amide bonds. The Labute approximate surface area is 120 Å². The van der Waals surface area contributed by atoms with Crippen LogP contribution in [0, 0.1) is 0 Å². The van der Waals surface area contributed by atoms with E-state index in [-0.39, 0.29) is 17.8 Å². The Hall–Kier alpha value is -1.71. The Balaban J connectivity index is 2.05. The highest BCUT2D eigenvalue weighted by atomic mass is 35.5. The van der Waals surface area contributed by atoms with Crippen molar-refractivity contribution in [3.63, 3.8) is 0 Å². The summed E-state index contributed by atoms with van der Waals surface area (Å²) < 4.78 is 5.24. The van der Waals surface area contributed by atoms with Crippen LogP contribution in [0.2, 0.25) is 5.28 Å². The molecule has 2 rings (SSSR count). The topological polar surface area (TPSA) is 126 Å². The second kappa shape index (κ2) is 6.64. The minimum absolute atomic E-state index is 0.0255. The van der Waals surface area contributed by atoms with Crippen molar-refractivity contribution in [1.82, 2.24) is 15.0 Å². The van der Waals surface area contributed by atoms with E-state index in [1.165, 1.54) is 0 Å². The van der Waals surface area contributed by atoms with Gasteiger partial charge in [-0.3, -0.25) is 4.79 Å². The molecule has 0 saturated carbocycles. The number of hydrogen-bond donors (Lipinski definition) is 3. The summed E-state index contributed by atoms with van der Waals surface area (Å²) in [5, 5.41) is 12.0. The third-order valence-corrected chi connectivity index (χ3v) is 2.84. The van der Waals surface area contributed by atoms with E-state index >= 15 is 0 Å². The maximum atomic E-state index is 10.7. The van der Waals surface area contributed by atoms with Crippen LogP contribution in [0.3, 0.4) is 0 Å². The zero-order valence-electron chi connectivity index (χ0n) is 10.6. The van der Waals surface area contributed by atoms with Crippen LogP contribution < -0.4 is 16.0 Å². The minimum atomic E-state index is -1.32. The smallest absolute Gasteiger partial charge is 0.248 e. The average Bonchev–Trinajstić information content (AvgIpc) is 2.45. The molecule has 20 heavy (non-hydrogen) atoms. The van der Waals surface area contributed by atoms with E-state index in [4.69, 9.17) is 22.1 Å². The lowest BCUT2D eigenvalue weighted by molar-refractivity contribution is -0.125. The van der Waals surface area contributed by atoms with E-state index in [9.17, 15) is 9.90 Å². The van der Waals surface area contributed by atoms with Crippen LogP contribution in [0.4, 0.5) is 11.9 Å². The number of anilines is 2. The van der Waals surface area contributed by atoms with Gasteiger partial charge in [-0.25, -0.2) is 0 Å². The maximum absolute atomic E-state index is 10.7. The largest absolute Gasteiger partial charge is 0.381 e. The number of carbonyl (C=O) groups is 1. The number of aliphatic hydroxyl groups excluding tert-OH is 1. The number of nitrogens with one attached hydrogen (secondary N) is 1. The SMILES string of the molecule is NC(=O)C(O)CNc1nc(Cl)nc(N2CCOCC2)n1. The van der Waals surface area contributed by atoms with Crippen molar-refractivity contribution < 1.29 is 14.6 Å². The van der Waals surface area contributed by atoms with Gasteiger partial charge in [0.1, 0.15) is 6.10 Å². The number of nitrogens with zero attached hydrogens (tertiary/aromatic N) is 4. The number of morpholine rings is 1. The van der Waals surface area contributed by atoms with Crippen LogP contribution >= 0.6 is 11.6 Å². The number of aliphatic hydroxyl groups is 1. The van der Waals surface area contributed by atoms with E-state index in [0.717, 1.165) is 0 Å². The number of primary amides is 1. The number of carbonyl (C=O) groups excluding carboxylic acids is 1. The number of ether oxygens (including phenoxy) is 1. The van der Waals surface area contributed by atoms with Gasteiger partial charge in [0.25, 0.3) is 0 Å². The Morgan fingerprint density at radius 3 is 2.80 bits per heavy atom. The minimum Gasteiger partial charge on any atom is -0.381 e. The first-order valence-corrected chi connectivity index (χ1v) is 6.39. The normalized spacial score (nSPS) is 16.8. The van der Waals surface area contributed by atoms with E-state index in [1.807, 2.05) is 4.90 Å². The molecule has 9 nitrogen and oxygen atoms in total. The first-order valence-electron chi connectivity index (χ1n) is 6.02. The highest BCUT2D eigenvalue weighted by Gasteiger charge is 2.17. The molecule has 0 bridgehead atoms. The first kappa shape index (κ1) is 14.7. The molecule has 10 heteroatoms. The highest BCUT2D eigenvalue weighted by molar-refractivity contribution is 6.28. The van der Waals surface area contributed by atoms with E-state index in [2.05, 4.69) is 20.3 Å². The van der Waals surface area contributed by atoms with Crippen LogP contribution in [0.25, 0.3) is 0 Å². The van der Waals surface area contributed by atoms with Gasteiger partial charge in [0.15, 0.2) is 0 Å². The second-order valence-electron chi connectivity index (χ2n) is 4.13. The number of nitrogens with two attached hydrogens (primary N) is 1. The van der Waals surface area contributed by atoms with Gasteiger partial charge in [-0.05, 0) is 11.6 Å². The molecule has 1 fully saturated rings. The van der Waals surface area contributed by atoms with Crippen molar-refractivity contribution in [2.75, 3.05) is 43.1 Å². The molecule has 1 aromatic heterocycles. The summed E-state index contributed by atoms with van der Waals surface area (Å²) in [4.78, 5) is 24.7. The van der Waals surface area contributed by atoms with Crippen molar-refractivity contribution >= 4 is 29.4 Å². The quantitative estimate of drug-likeness (QED) is 0.607. The molecule has 2 heterocycles. The van der Waals surface area contributed by atoms with Crippen molar-refractivity contribution in [3.05, 3.63) is 5.28 Å². The predicted octanol–water partition coefficient (Wildman–Crippen LogP) is -1.38. The molecule has 1 saturated heterocycles. The van der Waals surface area contributed by atoms with Crippen LogP contribution in [0.15, 0.2) is 0 Å². The van der Waals surface area contributed by atoms with Crippen LogP contribution in [-0.2, 0) is 9.53 Å². The third-order valence-electron chi connectivity index (χ3n) is 2.67. The van der Waals surface area contributed by atoms with Gasteiger partial charge in [-0.2, -0.15) is 15.0 Å². The summed E-state index contributed by atoms with van der Waals surface area (Å²) >= 11 is 5.83. The fourth-order valence-corrected chi connectivity index (χ4v) is 1.77. The number of aromatic nitrogens is 3. The van der Waals surface area contributed by atoms with Gasteiger partial charge < -0.3 is 25.8 Å². The summed E-state index contributed by atoms with van der Waals surface area (Å²) in [5.74, 6) is -0.234. The van der Waals surface area contributed by atoms with E-state index in [0.29, 0.717) is 32.3 Å². The third kappa shape index (κ3) is 3.89. The van der Waals surface area contributed by atoms with Crippen molar-refractivity contribution in [3.8, 4) is 0 Å². The lowest BCUT2D eigenvalue weighted by atomic mass is 10.3. The fourth-order valence-electron chi connectivity index (χ4n) is 1.61. The lowest BCUT2D eigenvalue weighted by Crippen LogP contribution is -2.38. The second-order valence-corrected chi connectivity index (χ2v) is 4.46. The zero-order valence-corrected chi connectivity index (χ0v) is 11.4. The molecule has 4 N–H and O–H groups in total. The Morgan fingerprint density at radius 2 is 2.15 bits per heavy atom. The molecule has 0 radical (unpaired) electrons. The molecule has 1 unspecified atom stereocenters. The van der Waals surface area contributed by atoms with Gasteiger partial charge in [-0.1, -0.05) is 0 Å². The number of amides is 1. The summed E-state index contributed by atoms with van der Waals surface area (Å²) in [6.45, 7) is 2.39. The summed E-state index contributed by atoms with van der Waals surface area (Å²) in [6, 6.07) is 0. The van der Waals surface area contributed by atoms with Crippen molar-refractivity contribution in [2.45, 2.75) is 6.10 Å². The lowest BCUT2D eigenvalue weighted by Gasteiger charge is -2.26. The predicted molar refractivity (Wildman–Crippen MR) is 71.6 cm³/mol. The van der Waals surface area contributed by atoms with Crippen molar-refractivity contribution in [2.24, 2.45) is 5.73 Å². The molecule has 1 atom stereocenters. The summed E-state index contributed by atoms with van der Waals surface area (Å²) in [7, 11) is 0.